The lowest BCUT2D eigenvalue weighted by Gasteiger charge is -2.36. The minimum absolute atomic E-state index is 0.260. The Morgan fingerprint density at radius 3 is 2.10 bits per heavy atom. The van der Waals surface area contributed by atoms with Gasteiger partial charge in [-0.15, -0.1) is 4.74 Å². The van der Waals surface area contributed by atoms with Crippen molar-refractivity contribution in [2.75, 3.05) is 36.8 Å². The number of benzene rings is 1. The summed E-state index contributed by atoms with van der Waals surface area (Å²) >= 11 is 0. The molecule has 0 bridgehead atoms. The molecule has 5 rings (SSSR count). The molecule has 0 atom stereocenters. The second kappa shape index (κ2) is 9.80. The molecule has 0 amide bonds. The topological polar surface area (TPSA) is 80.5 Å². The fraction of sp³-hybridized carbons (Fsp3) is 0.478. The molecule has 1 saturated heterocycles. The van der Waals surface area contributed by atoms with E-state index in [1.54, 1.807) is 6.07 Å². The molecule has 1 aliphatic heterocycles. The highest BCUT2D eigenvalue weighted by molar-refractivity contribution is 5.85. The van der Waals surface area contributed by atoms with Crippen molar-refractivity contribution in [1.82, 2.24) is 14.6 Å². The molecule has 1 aliphatic carbocycles. The van der Waals surface area contributed by atoms with Gasteiger partial charge in [0.15, 0.2) is 0 Å². The average Bonchev–Trinajstić information content (AvgIpc) is 3.60. The summed E-state index contributed by atoms with van der Waals surface area (Å²) in [6, 6.07) is 10.3. The maximum Gasteiger partial charge on any atom is 0.299 e. The molecule has 0 spiro atoms. The van der Waals surface area contributed by atoms with Crippen LogP contribution in [0.1, 0.15) is 40.5 Å². The molecule has 2 aliphatic rings. The van der Waals surface area contributed by atoms with E-state index < -0.39 is 0 Å². The first-order valence-corrected chi connectivity index (χ1v) is 11.1. The highest BCUT2D eigenvalue weighted by atomic mass is 16.5. The third kappa shape index (κ3) is 4.36. The number of nitrogens with zero attached hydrogens (tertiary/aromatic N) is 4. The summed E-state index contributed by atoms with van der Waals surface area (Å²) < 4.78 is 6.84. The van der Waals surface area contributed by atoms with E-state index in [9.17, 15) is 4.79 Å². The lowest BCUT2D eigenvalue weighted by atomic mass is 10.2. The third-order valence-corrected chi connectivity index (χ3v) is 5.35. The van der Waals surface area contributed by atoms with Crippen molar-refractivity contribution in [2.24, 2.45) is 0 Å². The number of fused-ring (bicyclic) bond motifs is 1. The van der Waals surface area contributed by atoms with Gasteiger partial charge < -0.3 is 15.2 Å². The van der Waals surface area contributed by atoms with Crippen LogP contribution in [0.5, 0.6) is 0 Å². The van der Waals surface area contributed by atoms with E-state index in [0.29, 0.717) is 16.8 Å². The van der Waals surface area contributed by atoms with Gasteiger partial charge in [0.05, 0.1) is 11.4 Å². The van der Waals surface area contributed by atoms with Crippen molar-refractivity contribution in [1.29, 1.82) is 0 Å². The normalized spacial score (nSPS) is 16.5. The third-order valence-electron chi connectivity index (χ3n) is 5.35. The van der Waals surface area contributed by atoms with Gasteiger partial charge in [0.25, 0.3) is 11.3 Å². The van der Waals surface area contributed by atoms with Crippen molar-refractivity contribution >= 4 is 22.5 Å². The van der Waals surface area contributed by atoms with E-state index >= 15 is 0 Å². The van der Waals surface area contributed by atoms with Crippen molar-refractivity contribution in [2.45, 2.75) is 46.6 Å². The smallest absolute Gasteiger partial charge is 0.299 e. The fourth-order valence-corrected chi connectivity index (χ4v) is 3.72. The van der Waals surface area contributed by atoms with Crippen LogP contribution in [0.25, 0.3) is 16.8 Å². The number of pyridine rings is 1. The zero-order valence-electron chi connectivity index (χ0n) is 18.5. The minimum atomic E-state index is -0.281. The highest BCUT2D eigenvalue weighted by Gasteiger charge is 2.31. The van der Waals surface area contributed by atoms with E-state index in [2.05, 4.69) is 14.8 Å². The van der Waals surface area contributed by atoms with Gasteiger partial charge in [0, 0.05) is 44.1 Å². The number of rotatable bonds is 3. The quantitative estimate of drug-likeness (QED) is 0.704. The number of hydrogen-bond acceptors (Lipinski definition) is 6. The summed E-state index contributed by atoms with van der Waals surface area (Å²) in [7, 11) is 0. The molecular formula is C23H33N5O2. The number of aromatic nitrogens is 2. The van der Waals surface area contributed by atoms with Crippen molar-refractivity contribution < 1.29 is 4.52 Å². The average molecular weight is 412 g/mol. The summed E-state index contributed by atoms with van der Waals surface area (Å²) in [6.07, 6.45) is 4.26. The molecule has 3 aromatic rings. The minimum Gasteiger partial charge on any atom is -0.398 e. The number of nitrogen functional groups attached to an aromatic ring is 1. The molecule has 2 N–H and O–H groups in total. The lowest BCUT2D eigenvalue weighted by Crippen LogP contribution is -2.47. The Balaban J connectivity index is 0.000000606. The molecule has 2 fully saturated rings. The summed E-state index contributed by atoms with van der Waals surface area (Å²) in [6.45, 7) is 12.3. The molecule has 162 valence electrons. The van der Waals surface area contributed by atoms with Crippen LogP contribution in [0, 0.1) is 0 Å². The van der Waals surface area contributed by atoms with Gasteiger partial charge in [-0.2, -0.15) is 0 Å². The Bertz CT molecular complexity index is 997. The van der Waals surface area contributed by atoms with Crippen LogP contribution in [-0.4, -0.2) is 46.8 Å². The molecule has 1 saturated carbocycles. The Morgan fingerprint density at radius 1 is 0.933 bits per heavy atom. The molecule has 30 heavy (non-hydrogen) atoms. The Hall–Kier alpha value is -2.80. The Labute approximate surface area is 178 Å². The number of nitrogens with two attached hydrogens (primary N) is 1. The van der Waals surface area contributed by atoms with Crippen LogP contribution in [0.15, 0.2) is 45.8 Å². The maximum absolute atomic E-state index is 12.6. The molecule has 3 heterocycles. The first-order valence-electron chi connectivity index (χ1n) is 11.1. The van der Waals surface area contributed by atoms with Gasteiger partial charge in [-0.05, 0) is 43.2 Å². The predicted octanol–water partition coefficient (Wildman–Crippen LogP) is 3.90. The second-order valence-corrected chi connectivity index (χ2v) is 7.04. The van der Waals surface area contributed by atoms with Crippen LogP contribution in [-0.2, 0) is 0 Å². The first-order chi connectivity index (χ1) is 14.7. The van der Waals surface area contributed by atoms with Crippen molar-refractivity contribution in [3.8, 4) is 5.69 Å². The van der Waals surface area contributed by atoms with E-state index in [-0.39, 0.29) is 11.3 Å². The van der Waals surface area contributed by atoms with Gasteiger partial charge >= 0.3 is 0 Å². The van der Waals surface area contributed by atoms with Crippen molar-refractivity contribution in [3.05, 3.63) is 46.9 Å². The Kier molecular flexibility index (Phi) is 7.15. The van der Waals surface area contributed by atoms with Crippen molar-refractivity contribution in [3.63, 3.8) is 0 Å². The zero-order chi connectivity index (χ0) is 21.7. The molecule has 7 nitrogen and oxygen atoms in total. The zero-order valence-corrected chi connectivity index (χ0v) is 18.5. The summed E-state index contributed by atoms with van der Waals surface area (Å²) in [5.74, 6) is 0. The van der Waals surface area contributed by atoms with E-state index in [0.717, 1.165) is 32.2 Å². The monoisotopic (exact) mass is 411 g/mol. The van der Waals surface area contributed by atoms with Crippen LogP contribution in [0.4, 0.5) is 11.4 Å². The highest BCUT2D eigenvalue weighted by Crippen LogP contribution is 2.28. The molecule has 0 unspecified atom stereocenters. The van der Waals surface area contributed by atoms with Gasteiger partial charge in [-0.3, -0.25) is 9.69 Å². The van der Waals surface area contributed by atoms with Crippen LogP contribution >= 0.6 is 0 Å². The Morgan fingerprint density at radius 2 is 1.53 bits per heavy atom. The standard InChI is InChI=1S/C19H21N5O2.2C2H6/c20-16-7-8-21-18-17(16)19(25)24(26-18)15-5-3-14(4-6-15)23-11-9-22(10-12-23)13-1-2-13;2*1-2/h3-8,13H,1-2,9-12H2,(H2,20,21);2*1-2H3. The second-order valence-electron chi connectivity index (χ2n) is 7.04. The SMILES string of the molecule is CC.CC.Nc1ccnc2on(-c3ccc(N4CCN(C5CC5)CC4)cc3)c(=O)c12. The maximum atomic E-state index is 12.6. The van der Waals surface area contributed by atoms with E-state index in [4.69, 9.17) is 10.3 Å². The molecule has 7 heteroatoms. The molecule has 1 aromatic carbocycles. The van der Waals surface area contributed by atoms with E-state index in [1.807, 2.05) is 52.0 Å². The van der Waals surface area contributed by atoms with Crippen LogP contribution in [0.2, 0.25) is 0 Å². The number of anilines is 2. The predicted molar refractivity (Wildman–Crippen MR) is 124 cm³/mol. The lowest BCUT2D eigenvalue weighted by molar-refractivity contribution is 0.248. The number of piperazine rings is 1. The van der Waals surface area contributed by atoms with E-state index in [1.165, 1.54) is 29.5 Å². The van der Waals surface area contributed by atoms with Gasteiger partial charge in [0.2, 0.25) is 0 Å². The largest absolute Gasteiger partial charge is 0.398 e. The van der Waals surface area contributed by atoms with Crippen LogP contribution < -0.4 is 16.2 Å². The van der Waals surface area contributed by atoms with Gasteiger partial charge in [-0.25, -0.2) is 4.98 Å². The first kappa shape index (κ1) is 21.9. The summed E-state index contributed by atoms with van der Waals surface area (Å²) in [5, 5.41) is 0.327. The molecule has 2 aromatic heterocycles. The van der Waals surface area contributed by atoms with Gasteiger partial charge in [0.1, 0.15) is 5.39 Å². The molecular weight excluding hydrogens is 378 g/mol. The van der Waals surface area contributed by atoms with Gasteiger partial charge in [-0.1, -0.05) is 27.7 Å². The number of hydrogen-bond donors (Lipinski definition) is 1. The fourth-order valence-electron chi connectivity index (χ4n) is 3.72. The summed E-state index contributed by atoms with van der Waals surface area (Å²) in [4.78, 5) is 21.6. The summed E-state index contributed by atoms with van der Waals surface area (Å²) in [5.41, 5.74) is 8.09. The van der Waals surface area contributed by atoms with Crippen LogP contribution in [0.3, 0.4) is 0 Å². The molecule has 0 radical (unpaired) electrons.